The number of aryl methyl sites for hydroxylation is 1. The van der Waals surface area contributed by atoms with Gasteiger partial charge in [-0.25, -0.2) is 0 Å². The molecule has 1 rings (SSSR count). The molecule has 0 aliphatic heterocycles. The second-order valence-corrected chi connectivity index (χ2v) is 7.71. The first-order valence-corrected chi connectivity index (χ1v) is 11.3. The van der Waals surface area contributed by atoms with Crippen LogP contribution in [0.15, 0.2) is 36.4 Å². The van der Waals surface area contributed by atoms with Crippen molar-refractivity contribution in [2.45, 2.75) is 110 Å². The molecule has 0 atom stereocenters. The van der Waals surface area contributed by atoms with E-state index in [0.29, 0.717) is 5.75 Å². The van der Waals surface area contributed by atoms with E-state index in [1.54, 1.807) is 6.07 Å². The Morgan fingerprint density at radius 3 is 1.81 bits per heavy atom. The third kappa shape index (κ3) is 14.0. The minimum Gasteiger partial charge on any atom is -0.508 e. The van der Waals surface area contributed by atoms with E-state index >= 15 is 0 Å². The molecule has 1 nitrogen and oxygen atoms in total. The summed E-state index contributed by atoms with van der Waals surface area (Å²) in [6, 6.07) is 7.68. The highest BCUT2D eigenvalue weighted by Crippen LogP contribution is 2.15. The van der Waals surface area contributed by atoms with Gasteiger partial charge in [-0.15, -0.1) is 0 Å². The van der Waals surface area contributed by atoms with Gasteiger partial charge in [0, 0.05) is 0 Å². The molecule has 0 unspecified atom stereocenters. The summed E-state index contributed by atoms with van der Waals surface area (Å²) in [4.78, 5) is 0. The van der Waals surface area contributed by atoms with E-state index in [2.05, 4.69) is 25.1 Å². The van der Waals surface area contributed by atoms with Crippen molar-refractivity contribution in [3.8, 4) is 5.75 Å². The SMILES string of the molecule is CCCCCCCCC=CCCCCCCCCCc1cccc(O)c1. The Kier molecular flexibility index (Phi) is 15.1. The van der Waals surface area contributed by atoms with Gasteiger partial charge in [0.25, 0.3) is 0 Å². The molecule has 1 aromatic carbocycles. The van der Waals surface area contributed by atoms with E-state index < -0.39 is 0 Å². The first-order chi connectivity index (χ1) is 12.8. The van der Waals surface area contributed by atoms with Crippen LogP contribution < -0.4 is 0 Å². The summed E-state index contributed by atoms with van der Waals surface area (Å²) < 4.78 is 0. The zero-order valence-corrected chi connectivity index (χ0v) is 17.2. The predicted molar refractivity (Wildman–Crippen MR) is 116 cm³/mol. The molecule has 0 heterocycles. The first kappa shape index (κ1) is 22.8. The lowest BCUT2D eigenvalue weighted by Gasteiger charge is -2.03. The lowest BCUT2D eigenvalue weighted by molar-refractivity contribution is 0.474. The number of allylic oxidation sites excluding steroid dienone is 2. The monoisotopic (exact) mass is 358 g/mol. The van der Waals surface area contributed by atoms with Crippen LogP contribution in [0, 0.1) is 0 Å². The van der Waals surface area contributed by atoms with Crippen LogP contribution in [0.25, 0.3) is 0 Å². The van der Waals surface area contributed by atoms with Gasteiger partial charge in [0.1, 0.15) is 5.75 Å². The average Bonchev–Trinajstić information content (AvgIpc) is 2.64. The van der Waals surface area contributed by atoms with Crippen LogP contribution in [0.5, 0.6) is 5.75 Å². The molecule has 0 fully saturated rings. The lowest BCUT2D eigenvalue weighted by atomic mass is 10.0. The van der Waals surface area contributed by atoms with Gasteiger partial charge in [0.2, 0.25) is 0 Å². The molecule has 0 spiro atoms. The van der Waals surface area contributed by atoms with Gasteiger partial charge in [0.15, 0.2) is 0 Å². The maximum Gasteiger partial charge on any atom is 0.115 e. The fraction of sp³-hybridized carbons (Fsp3) is 0.680. The third-order valence-corrected chi connectivity index (χ3v) is 5.14. The van der Waals surface area contributed by atoms with Gasteiger partial charge < -0.3 is 5.11 Å². The van der Waals surface area contributed by atoms with E-state index in [1.807, 2.05) is 12.1 Å². The van der Waals surface area contributed by atoms with Crippen molar-refractivity contribution in [2.24, 2.45) is 0 Å². The maximum absolute atomic E-state index is 9.45. The molecule has 148 valence electrons. The van der Waals surface area contributed by atoms with E-state index in [0.717, 1.165) is 6.42 Å². The average molecular weight is 359 g/mol. The highest BCUT2D eigenvalue weighted by atomic mass is 16.3. The number of hydrogen-bond donors (Lipinski definition) is 1. The van der Waals surface area contributed by atoms with Gasteiger partial charge in [-0.2, -0.15) is 0 Å². The van der Waals surface area contributed by atoms with Crippen LogP contribution in [-0.2, 0) is 6.42 Å². The Hall–Kier alpha value is -1.24. The van der Waals surface area contributed by atoms with Crippen molar-refractivity contribution in [1.82, 2.24) is 0 Å². The van der Waals surface area contributed by atoms with Crippen molar-refractivity contribution in [1.29, 1.82) is 0 Å². The second-order valence-electron chi connectivity index (χ2n) is 7.71. The van der Waals surface area contributed by atoms with Gasteiger partial charge >= 0.3 is 0 Å². The largest absolute Gasteiger partial charge is 0.508 e. The molecule has 0 aliphatic carbocycles. The van der Waals surface area contributed by atoms with Crippen LogP contribution in [-0.4, -0.2) is 5.11 Å². The normalized spacial score (nSPS) is 11.4. The highest BCUT2D eigenvalue weighted by molar-refractivity contribution is 5.27. The minimum absolute atomic E-state index is 0.392. The summed E-state index contributed by atoms with van der Waals surface area (Å²) in [7, 11) is 0. The number of rotatable bonds is 17. The zero-order chi connectivity index (χ0) is 18.7. The third-order valence-electron chi connectivity index (χ3n) is 5.14. The van der Waals surface area contributed by atoms with Crippen molar-refractivity contribution < 1.29 is 5.11 Å². The molecular formula is C25H42O. The van der Waals surface area contributed by atoms with Crippen LogP contribution in [0.1, 0.15) is 109 Å². The van der Waals surface area contributed by atoms with E-state index in [1.165, 1.54) is 102 Å². The molecule has 0 aromatic heterocycles. The Labute approximate surface area is 162 Å². The summed E-state index contributed by atoms with van der Waals surface area (Å²) >= 11 is 0. The molecule has 26 heavy (non-hydrogen) atoms. The highest BCUT2D eigenvalue weighted by Gasteiger charge is 1.96. The molecule has 1 aromatic rings. The van der Waals surface area contributed by atoms with E-state index in [9.17, 15) is 5.11 Å². The van der Waals surface area contributed by atoms with Crippen molar-refractivity contribution in [3.05, 3.63) is 42.0 Å². The van der Waals surface area contributed by atoms with Crippen LogP contribution in [0.2, 0.25) is 0 Å². The van der Waals surface area contributed by atoms with Gasteiger partial charge in [-0.05, 0) is 56.2 Å². The van der Waals surface area contributed by atoms with Crippen molar-refractivity contribution >= 4 is 0 Å². The minimum atomic E-state index is 0.392. The standard InChI is InChI=1S/C25H42O/c1-2-3-4-5-6-7-8-9-10-11-12-13-14-15-16-17-18-20-24-21-19-22-25(26)23-24/h9-10,19,21-23,26H,2-8,11-18,20H2,1H3. The fourth-order valence-corrected chi connectivity index (χ4v) is 3.47. The topological polar surface area (TPSA) is 20.2 Å². The molecule has 0 bridgehead atoms. The Morgan fingerprint density at radius 2 is 1.23 bits per heavy atom. The Bertz CT molecular complexity index is 449. The van der Waals surface area contributed by atoms with Crippen LogP contribution >= 0.6 is 0 Å². The molecule has 1 N–H and O–H groups in total. The molecule has 0 saturated heterocycles. The molecular weight excluding hydrogens is 316 g/mol. The molecule has 1 heteroatoms. The van der Waals surface area contributed by atoms with Gasteiger partial charge in [0.05, 0.1) is 0 Å². The molecule has 0 aliphatic rings. The smallest absolute Gasteiger partial charge is 0.115 e. The number of phenols is 1. The van der Waals surface area contributed by atoms with Crippen LogP contribution in [0.4, 0.5) is 0 Å². The van der Waals surface area contributed by atoms with Crippen molar-refractivity contribution in [3.63, 3.8) is 0 Å². The summed E-state index contributed by atoms with van der Waals surface area (Å²) in [5.74, 6) is 0.392. The summed E-state index contributed by atoms with van der Waals surface area (Å²) in [6.07, 6.45) is 26.3. The summed E-state index contributed by atoms with van der Waals surface area (Å²) in [5.41, 5.74) is 1.26. The van der Waals surface area contributed by atoms with E-state index in [4.69, 9.17) is 0 Å². The summed E-state index contributed by atoms with van der Waals surface area (Å²) in [5, 5.41) is 9.45. The van der Waals surface area contributed by atoms with Gasteiger partial charge in [-0.3, -0.25) is 0 Å². The van der Waals surface area contributed by atoms with Crippen LogP contribution in [0.3, 0.4) is 0 Å². The molecule has 0 radical (unpaired) electrons. The summed E-state index contributed by atoms with van der Waals surface area (Å²) in [6.45, 7) is 2.28. The zero-order valence-electron chi connectivity index (χ0n) is 17.2. The van der Waals surface area contributed by atoms with Crippen molar-refractivity contribution in [2.75, 3.05) is 0 Å². The lowest BCUT2D eigenvalue weighted by Crippen LogP contribution is -1.86. The molecule has 0 saturated carbocycles. The molecule has 0 amide bonds. The number of hydrogen-bond acceptors (Lipinski definition) is 1. The second kappa shape index (κ2) is 17.2. The maximum atomic E-state index is 9.45. The van der Waals surface area contributed by atoms with E-state index in [-0.39, 0.29) is 0 Å². The van der Waals surface area contributed by atoms with Gasteiger partial charge in [-0.1, -0.05) is 95.4 Å². The Balaban J connectivity index is 1.78. The predicted octanol–water partition coefficient (Wildman–Crippen LogP) is 8.36. The number of benzene rings is 1. The number of phenolic OH excluding ortho intramolecular Hbond substituents is 1. The number of aromatic hydroxyl groups is 1. The quantitative estimate of drug-likeness (QED) is 0.219. The number of unbranched alkanes of at least 4 members (excludes halogenated alkanes) is 13. The fourth-order valence-electron chi connectivity index (χ4n) is 3.47. The Morgan fingerprint density at radius 1 is 0.692 bits per heavy atom. The first-order valence-electron chi connectivity index (χ1n) is 11.3.